The fourth-order valence-electron chi connectivity index (χ4n) is 3.71. The summed E-state index contributed by atoms with van der Waals surface area (Å²) < 4.78 is 52.6. The van der Waals surface area contributed by atoms with E-state index in [1.807, 2.05) is 0 Å². The quantitative estimate of drug-likeness (QED) is 0.730. The molecule has 10 heteroatoms. The van der Waals surface area contributed by atoms with Gasteiger partial charge in [0.15, 0.2) is 0 Å². The minimum absolute atomic E-state index is 0.00256. The first-order valence-electron chi connectivity index (χ1n) is 9.78. The smallest absolute Gasteiger partial charge is 0.310 e. The number of carbonyl (C=O) groups is 1. The number of rotatable bonds is 5. The number of hydrogen-bond acceptors (Lipinski definition) is 4. The van der Waals surface area contributed by atoms with Gasteiger partial charge in [0.05, 0.1) is 18.7 Å². The van der Waals surface area contributed by atoms with Crippen molar-refractivity contribution in [2.24, 2.45) is 0 Å². The molecule has 0 saturated carbocycles. The van der Waals surface area contributed by atoms with E-state index in [1.165, 1.54) is 17.0 Å². The molecule has 1 N–H and O–H groups in total. The molecule has 3 rings (SSSR count). The van der Waals surface area contributed by atoms with Gasteiger partial charge in [0.25, 0.3) is 0 Å². The third-order valence-electron chi connectivity index (χ3n) is 5.40. The molecule has 1 aliphatic rings. The molecule has 6 nitrogen and oxygen atoms in total. The standard InChI is InChI=1S/C21H23F4N5O/c1-14-15(2)30(17-5-3-16(22)4-6-17)20(18(14)11-26)27-19(31)12-28-7-9-29(10-8-28)13-21(23,24)25/h3-6H,7-10,12-13H2,1-2H3,(H,27,31). The van der Waals surface area contributed by atoms with Crippen molar-refractivity contribution in [1.82, 2.24) is 14.4 Å². The number of amides is 1. The average Bonchev–Trinajstić information content (AvgIpc) is 2.92. The van der Waals surface area contributed by atoms with Crippen molar-refractivity contribution >= 4 is 11.7 Å². The van der Waals surface area contributed by atoms with E-state index in [4.69, 9.17) is 0 Å². The molecule has 1 aliphatic heterocycles. The summed E-state index contributed by atoms with van der Waals surface area (Å²) in [7, 11) is 0. The molecule has 166 valence electrons. The van der Waals surface area contributed by atoms with E-state index < -0.39 is 18.5 Å². The first-order valence-corrected chi connectivity index (χ1v) is 9.78. The largest absolute Gasteiger partial charge is 0.401 e. The number of nitrogens with one attached hydrogen (secondary N) is 1. The van der Waals surface area contributed by atoms with Crippen molar-refractivity contribution in [2.45, 2.75) is 20.0 Å². The summed E-state index contributed by atoms with van der Waals surface area (Å²) in [5.41, 5.74) is 2.34. The van der Waals surface area contributed by atoms with Gasteiger partial charge < -0.3 is 5.32 Å². The maximum atomic E-state index is 13.3. The maximum Gasteiger partial charge on any atom is 0.401 e. The predicted molar refractivity (Wildman–Crippen MR) is 107 cm³/mol. The number of halogens is 4. The Morgan fingerprint density at radius 1 is 1.10 bits per heavy atom. The Hall–Kier alpha value is -2.90. The molecule has 0 atom stereocenters. The van der Waals surface area contributed by atoms with Gasteiger partial charge in [-0.1, -0.05) is 0 Å². The van der Waals surface area contributed by atoms with Gasteiger partial charge in [-0.25, -0.2) is 4.39 Å². The van der Waals surface area contributed by atoms with Crippen molar-refractivity contribution in [3.8, 4) is 11.8 Å². The van der Waals surface area contributed by atoms with Crippen LogP contribution >= 0.6 is 0 Å². The maximum absolute atomic E-state index is 13.3. The zero-order chi connectivity index (χ0) is 22.8. The second-order valence-corrected chi connectivity index (χ2v) is 7.57. The van der Waals surface area contributed by atoms with Crippen LogP contribution in [0.5, 0.6) is 0 Å². The molecule has 0 unspecified atom stereocenters. The van der Waals surface area contributed by atoms with Crippen molar-refractivity contribution in [1.29, 1.82) is 5.26 Å². The zero-order valence-electron chi connectivity index (χ0n) is 17.3. The van der Waals surface area contributed by atoms with Crippen molar-refractivity contribution < 1.29 is 22.4 Å². The molecule has 0 aliphatic carbocycles. The number of piperazine rings is 1. The summed E-state index contributed by atoms with van der Waals surface area (Å²) in [6.07, 6.45) is -4.24. The van der Waals surface area contributed by atoms with Gasteiger partial charge in [-0.15, -0.1) is 0 Å². The van der Waals surface area contributed by atoms with Gasteiger partial charge >= 0.3 is 6.18 Å². The van der Waals surface area contributed by atoms with Crippen LogP contribution in [0.2, 0.25) is 0 Å². The number of hydrogen-bond donors (Lipinski definition) is 1. The first-order chi connectivity index (χ1) is 14.6. The summed E-state index contributed by atoms with van der Waals surface area (Å²) in [5.74, 6) is -0.479. The van der Waals surface area contributed by atoms with Crippen LogP contribution in [0.3, 0.4) is 0 Å². The van der Waals surface area contributed by atoms with Crippen LogP contribution in [0, 0.1) is 31.0 Å². The summed E-state index contributed by atoms with van der Waals surface area (Å²) >= 11 is 0. The molecular formula is C21H23F4N5O. The molecule has 1 aromatic carbocycles. The molecule has 0 radical (unpaired) electrons. The van der Waals surface area contributed by atoms with Crippen molar-refractivity contribution in [3.63, 3.8) is 0 Å². The Labute approximate surface area is 177 Å². The first kappa shape index (κ1) is 22.8. The van der Waals surface area contributed by atoms with Crippen LogP contribution in [-0.4, -0.2) is 65.7 Å². The van der Waals surface area contributed by atoms with Crippen LogP contribution in [-0.2, 0) is 4.79 Å². The Morgan fingerprint density at radius 3 is 2.23 bits per heavy atom. The second-order valence-electron chi connectivity index (χ2n) is 7.57. The molecule has 1 aromatic heterocycles. The minimum atomic E-state index is -4.24. The SMILES string of the molecule is Cc1c(C#N)c(NC(=O)CN2CCN(CC(F)(F)F)CC2)n(-c2ccc(F)cc2)c1C. The normalized spacial score (nSPS) is 15.6. The van der Waals surface area contributed by atoms with Crippen molar-refractivity contribution in [2.75, 3.05) is 44.6 Å². The highest BCUT2D eigenvalue weighted by molar-refractivity contribution is 5.93. The van der Waals surface area contributed by atoms with Crippen LogP contribution < -0.4 is 5.32 Å². The molecule has 1 saturated heterocycles. The summed E-state index contributed by atoms with van der Waals surface area (Å²) in [4.78, 5) is 15.8. The molecule has 1 fully saturated rings. The molecule has 0 bridgehead atoms. The van der Waals surface area contributed by atoms with Gasteiger partial charge in [-0.05, 0) is 43.7 Å². The molecular weight excluding hydrogens is 414 g/mol. The van der Waals surface area contributed by atoms with Gasteiger partial charge in [-0.2, -0.15) is 18.4 Å². The molecule has 2 aromatic rings. The third-order valence-corrected chi connectivity index (χ3v) is 5.40. The minimum Gasteiger partial charge on any atom is -0.310 e. The number of benzene rings is 1. The van der Waals surface area contributed by atoms with E-state index in [2.05, 4.69) is 11.4 Å². The average molecular weight is 437 g/mol. The van der Waals surface area contributed by atoms with Gasteiger partial charge in [-0.3, -0.25) is 19.2 Å². The molecule has 31 heavy (non-hydrogen) atoms. The lowest BCUT2D eigenvalue weighted by Crippen LogP contribution is -2.50. The van der Waals surface area contributed by atoms with Crippen LogP contribution in [0.1, 0.15) is 16.8 Å². The lowest BCUT2D eigenvalue weighted by Gasteiger charge is -2.34. The topological polar surface area (TPSA) is 64.3 Å². The second kappa shape index (κ2) is 9.08. The Morgan fingerprint density at radius 2 is 1.68 bits per heavy atom. The molecule has 2 heterocycles. The Kier molecular flexibility index (Phi) is 6.67. The molecule has 0 spiro atoms. The van der Waals surface area contributed by atoms with Gasteiger partial charge in [0.1, 0.15) is 17.7 Å². The summed E-state index contributed by atoms with van der Waals surface area (Å²) in [5, 5.41) is 12.4. The number of alkyl halides is 3. The molecule has 1 amide bonds. The van der Waals surface area contributed by atoms with E-state index >= 15 is 0 Å². The fraction of sp³-hybridized carbons (Fsp3) is 0.429. The predicted octanol–water partition coefficient (Wildman–Crippen LogP) is 3.22. The number of carbonyl (C=O) groups excluding carboxylic acids is 1. The van der Waals surface area contributed by atoms with Crippen LogP contribution in [0.15, 0.2) is 24.3 Å². The van der Waals surface area contributed by atoms with Gasteiger partial charge in [0, 0.05) is 37.6 Å². The van der Waals surface area contributed by atoms with E-state index in [0.717, 1.165) is 5.69 Å². The summed E-state index contributed by atoms with van der Waals surface area (Å²) in [6, 6.07) is 7.80. The monoisotopic (exact) mass is 437 g/mol. The van der Waals surface area contributed by atoms with Crippen LogP contribution in [0.4, 0.5) is 23.4 Å². The van der Waals surface area contributed by atoms with E-state index in [-0.39, 0.29) is 25.5 Å². The fourth-order valence-corrected chi connectivity index (χ4v) is 3.71. The highest BCUT2D eigenvalue weighted by Crippen LogP contribution is 2.30. The number of aromatic nitrogens is 1. The highest BCUT2D eigenvalue weighted by atomic mass is 19.4. The third kappa shape index (κ3) is 5.42. The zero-order valence-corrected chi connectivity index (χ0v) is 17.3. The lowest BCUT2D eigenvalue weighted by molar-refractivity contribution is -0.149. The Bertz CT molecular complexity index is 983. The van der Waals surface area contributed by atoms with Crippen LogP contribution in [0.25, 0.3) is 5.69 Å². The number of anilines is 1. The van der Waals surface area contributed by atoms with E-state index in [1.54, 1.807) is 35.4 Å². The van der Waals surface area contributed by atoms with E-state index in [9.17, 15) is 27.6 Å². The van der Waals surface area contributed by atoms with Crippen molar-refractivity contribution in [3.05, 3.63) is 46.9 Å². The van der Waals surface area contributed by atoms with Gasteiger partial charge in [0.2, 0.25) is 5.91 Å². The Balaban J connectivity index is 1.73. The number of nitrogens with zero attached hydrogens (tertiary/aromatic N) is 4. The summed E-state index contributed by atoms with van der Waals surface area (Å²) in [6.45, 7) is 3.73. The number of nitriles is 1. The highest BCUT2D eigenvalue weighted by Gasteiger charge is 2.32. The lowest BCUT2D eigenvalue weighted by atomic mass is 10.2. The van der Waals surface area contributed by atoms with E-state index in [0.29, 0.717) is 35.7 Å².